The average molecular weight is 596 g/mol. The molecule has 4 heterocycles. The number of aromatic amines is 1. The van der Waals surface area contributed by atoms with Gasteiger partial charge in [-0.3, -0.25) is 14.6 Å². The molecule has 0 unspecified atom stereocenters. The summed E-state index contributed by atoms with van der Waals surface area (Å²) in [5.74, 6) is -0.353. The average Bonchev–Trinajstić information content (AvgIpc) is 3.53. The maximum absolute atomic E-state index is 13.3. The van der Waals surface area contributed by atoms with Crippen molar-refractivity contribution in [3.05, 3.63) is 86.8 Å². The molecule has 1 fully saturated rings. The van der Waals surface area contributed by atoms with Crippen LogP contribution in [0.3, 0.4) is 0 Å². The molecule has 0 aliphatic carbocycles. The molecule has 43 heavy (non-hydrogen) atoms. The van der Waals surface area contributed by atoms with Crippen LogP contribution in [-0.4, -0.2) is 76.9 Å². The number of rotatable bonds is 8. The Bertz CT molecular complexity index is 1630. The first-order valence-electron chi connectivity index (χ1n) is 14.2. The number of halogens is 3. The molecule has 0 bridgehead atoms. The molecule has 0 saturated carbocycles. The van der Waals surface area contributed by atoms with E-state index >= 15 is 0 Å². The zero-order valence-electron chi connectivity index (χ0n) is 23.6. The van der Waals surface area contributed by atoms with Gasteiger partial charge in [-0.1, -0.05) is 18.2 Å². The van der Waals surface area contributed by atoms with Crippen molar-refractivity contribution in [2.24, 2.45) is 4.99 Å². The van der Waals surface area contributed by atoms with Gasteiger partial charge in [0.05, 0.1) is 28.2 Å². The molecule has 2 aromatic carbocycles. The number of aromatic nitrogens is 1. The molecule has 3 aromatic rings. The third kappa shape index (κ3) is 5.89. The lowest BCUT2D eigenvalue weighted by Gasteiger charge is -2.34. The molecular weight excluding hydrogens is 563 g/mol. The van der Waals surface area contributed by atoms with Gasteiger partial charge < -0.3 is 29.9 Å². The van der Waals surface area contributed by atoms with E-state index in [-0.39, 0.29) is 36.4 Å². The first-order chi connectivity index (χ1) is 20.6. The number of alkyl halides is 3. The largest absolute Gasteiger partial charge is 0.490 e. The molecule has 1 atom stereocenters. The Labute approximate surface area is 246 Å². The minimum atomic E-state index is -4.58. The number of fused-ring (bicyclic) bond motifs is 2. The Kier molecular flexibility index (Phi) is 7.74. The predicted molar refractivity (Wildman–Crippen MR) is 155 cm³/mol. The van der Waals surface area contributed by atoms with Crippen LogP contribution >= 0.6 is 0 Å². The Balaban J connectivity index is 1.14. The molecule has 9 nitrogen and oxygen atoms in total. The standard InChI is InChI=1S/C31H32F3N5O4/c1-38-10-7-20(8-11-38)39-16-19-12-18-13-26(37-25(18)14-22(19)30(39)42)28-24(6-9-35-29(28)41)36-15-21(40)17-43-27-5-3-2-4-23(27)31(32,33)34/h2-6,9,12,14,20-21,40H,7-8,10-11,13,15-17H2,1H3,(H2,35,36,41)/t21-/m1/s1. The molecule has 0 radical (unpaired) electrons. The zero-order chi connectivity index (χ0) is 30.3. The summed E-state index contributed by atoms with van der Waals surface area (Å²) in [5.41, 5.74) is 3.14. The van der Waals surface area contributed by atoms with Crippen molar-refractivity contribution in [2.75, 3.05) is 38.6 Å². The van der Waals surface area contributed by atoms with Crippen molar-refractivity contribution in [1.29, 1.82) is 0 Å². The number of aliphatic imine (C=N–C) groups is 1. The van der Waals surface area contributed by atoms with Crippen LogP contribution in [0.1, 0.15) is 45.5 Å². The van der Waals surface area contributed by atoms with E-state index in [1.165, 1.54) is 24.4 Å². The number of anilines is 1. The summed E-state index contributed by atoms with van der Waals surface area (Å²) in [6.07, 6.45) is -1.99. The van der Waals surface area contributed by atoms with Crippen molar-refractivity contribution in [3.8, 4) is 5.75 Å². The zero-order valence-corrected chi connectivity index (χ0v) is 23.6. The molecule has 3 N–H and O–H groups in total. The normalized spacial score (nSPS) is 17.9. The fourth-order valence-electron chi connectivity index (χ4n) is 5.99. The first-order valence-corrected chi connectivity index (χ1v) is 14.2. The Morgan fingerprint density at radius 3 is 2.67 bits per heavy atom. The van der Waals surface area contributed by atoms with E-state index in [2.05, 4.69) is 22.2 Å². The Hall–Kier alpha value is -4.16. The summed E-state index contributed by atoms with van der Waals surface area (Å²) in [7, 11) is 2.09. The number of carbonyl (C=O) groups excluding carboxylic acids is 1. The fraction of sp³-hybridized carbons (Fsp3) is 0.387. The number of aliphatic hydroxyl groups excluding tert-OH is 1. The number of aliphatic hydroxyl groups is 1. The number of hydrogen-bond donors (Lipinski definition) is 3. The van der Waals surface area contributed by atoms with Crippen LogP contribution in [0.4, 0.5) is 24.5 Å². The van der Waals surface area contributed by atoms with Crippen molar-refractivity contribution in [3.63, 3.8) is 0 Å². The summed E-state index contributed by atoms with van der Waals surface area (Å²) in [5, 5.41) is 13.5. The lowest BCUT2D eigenvalue weighted by atomic mass is 10.00. The highest BCUT2D eigenvalue weighted by Gasteiger charge is 2.36. The van der Waals surface area contributed by atoms with E-state index in [1.807, 2.05) is 17.0 Å². The lowest BCUT2D eigenvalue weighted by molar-refractivity contribution is -0.139. The second kappa shape index (κ2) is 11.5. The first kappa shape index (κ1) is 28.9. The Morgan fingerprint density at radius 1 is 1.14 bits per heavy atom. The van der Waals surface area contributed by atoms with Crippen LogP contribution < -0.4 is 15.6 Å². The van der Waals surface area contributed by atoms with Gasteiger partial charge in [-0.2, -0.15) is 13.2 Å². The molecule has 1 saturated heterocycles. The highest BCUT2D eigenvalue weighted by Crippen LogP contribution is 2.38. The van der Waals surface area contributed by atoms with Crippen molar-refractivity contribution in [2.45, 2.75) is 44.1 Å². The van der Waals surface area contributed by atoms with E-state index in [0.29, 0.717) is 41.2 Å². The van der Waals surface area contributed by atoms with E-state index in [0.717, 1.165) is 43.1 Å². The van der Waals surface area contributed by atoms with E-state index < -0.39 is 17.8 Å². The number of piperidine rings is 1. The van der Waals surface area contributed by atoms with Gasteiger partial charge in [0.25, 0.3) is 11.5 Å². The maximum Gasteiger partial charge on any atom is 0.419 e. The SMILES string of the molecule is CN1CCC(N2Cc3cc4c(cc3C2=O)N=C(c2c(NC[C@@H](O)COc3ccccc3C(F)(F)F)cc[nH]c2=O)C4)CC1. The van der Waals surface area contributed by atoms with Crippen molar-refractivity contribution >= 4 is 23.0 Å². The molecule has 3 aliphatic rings. The molecule has 12 heteroatoms. The summed E-state index contributed by atoms with van der Waals surface area (Å²) >= 11 is 0. The van der Waals surface area contributed by atoms with Crippen LogP contribution in [-0.2, 0) is 19.1 Å². The van der Waals surface area contributed by atoms with Gasteiger partial charge in [0.15, 0.2) is 0 Å². The van der Waals surface area contributed by atoms with Gasteiger partial charge in [0.1, 0.15) is 18.5 Å². The van der Waals surface area contributed by atoms with E-state index in [4.69, 9.17) is 9.73 Å². The number of para-hydroxylation sites is 1. The van der Waals surface area contributed by atoms with Crippen molar-refractivity contribution < 1.29 is 27.8 Å². The van der Waals surface area contributed by atoms with Crippen LogP contribution in [0.5, 0.6) is 5.75 Å². The number of nitrogens with one attached hydrogen (secondary N) is 2. The van der Waals surface area contributed by atoms with Crippen LogP contribution in [0, 0.1) is 0 Å². The summed E-state index contributed by atoms with van der Waals surface area (Å²) < 4.78 is 45.0. The Morgan fingerprint density at radius 2 is 1.91 bits per heavy atom. The van der Waals surface area contributed by atoms with Gasteiger partial charge in [-0.05, 0) is 68.4 Å². The third-order valence-electron chi connectivity index (χ3n) is 8.28. The number of likely N-dealkylation sites (tertiary alicyclic amines) is 1. The van der Waals surface area contributed by atoms with Crippen LogP contribution in [0.15, 0.2) is 58.4 Å². The second-order valence-corrected chi connectivity index (χ2v) is 11.3. The highest BCUT2D eigenvalue weighted by molar-refractivity contribution is 6.10. The maximum atomic E-state index is 13.3. The summed E-state index contributed by atoms with van der Waals surface area (Å²) in [6.45, 7) is 2.02. The number of H-pyrrole nitrogens is 1. The predicted octanol–water partition coefficient (Wildman–Crippen LogP) is 3.97. The molecular formula is C31H32F3N5O4. The monoisotopic (exact) mass is 595 g/mol. The second-order valence-electron chi connectivity index (χ2n) is 11.3. The molecule has 0 spiro atoms. The molecule has 226 valence electrons. The van der Waals surface area contributed by atoms with Crippen LogP contribution in [0.2, 0.25) is 0 Å². The lowest BCUT2D eigenvalue weighted by Crippen LogP contribution is -2.43. The summed E-state index contributed by atoms with van der Waals surface area (Å²) in [4.78, 5) is 37.9. The summed E-state index contributed by atoms with van der Waals surface area (Å²) in [6, 6.07) is 10.5. The minimum Gasteiger partial charge on any atom is -0.490 e. The quantitative estimate of drug-likeness (QED) is 0.364. The van der Waals surface area contributed by atoms with Gasteiger partial charge in [0, 0.05) is 37.3 Å². The number of nitrogens with zero attached hydrogens (tertiary/aromatic N) is 3. The smallest absolute Gasteiger partial charge is 0.419 e. The topological polar surface area (TPSA) is 110 Å². The number of pyridine rings is 1. The number of hydrogen-bond acceptors (Lipinski definition) is 7. The van der Waals surface area contributed by atoms with Crippen molar-refractivity contribution in [1.82, 2.24) is 14.8 Å². The minimum absolute atomic E-state index is 0.0185. The van der Waals surface area contributed by atoms with E-state index in [9.17, 15) is 27.9 Å². The fourth-order valence-corrected chi connectivity index (χ4v) is 5.99. The van der Waals surface area contributed by atoms with Gasteiger partial charge >= 0.3 is 6.18 Å². The number of benzene rings is 2. The number of carbonyl (C=O) groups is 1. The number of ether oxygens (including phenoxy) is 1. The highest BCUT2D eigenvalue weighted by atomic mass is 19.4. The molecule has 1 amide bonds. The van der Waals surface area contributed by atoms with E-state index in [1.54, 1.807) is 6.07 Å². The number of amides is 1. The van der Waals surface area contributed by atoms with Gasteiger partial charge in [-0.15, -0.1) is 0 Å². The third-order valence-corrected chi connectivity index (χ3v) is 8.28. The molecule has 6 rings (SSSR count). The molecule has 3 aliphatic heterocycles. The van der Waals surface area contributed by atoms with Gasteiger partial charge in [-0.25, -0.2) is 0 Å². The van der Waals surface area contributed by atoms with Crippen LogP contribution in [0.25, 0.3) is 0 Å². The molecule has 1 aromatic heterocycles. The van der Waals surface area contributed by atoms with Gasteiger partial charge in [0.2, 0.25) is 0 Å².